The Hall–Kier alpha value is -2.59. The van der Waals surface area contributed by atoms with Gasteiger partial charge in [0.05, 0.1) is 24.4 Å². The maximum atomic E-state index is 14.4. The molecular formula is C34H47O5P. The first-order valence-corrected chi connectivity index (χ1v) is 16.0. The van der Waals surface area contributed by atoms with E-state index in [-0.39, 0.29) is 30.6 Å². The second-order valence-corrected chi connectivity index (χ2v) is 14.4. The summed E-state index contributed by atoms with van der Waals surface area (Å²) in [7, 11) is -3.53. The predicted molar refractivity (Wildman–Crippen MR) is 167 cm³/mol. The average Bonchev–Trinajstić information content (AvgIpc) is 2.88. The van der Waals surface area contributed by atoms with Gasteiger partial charge in [-0.05, 0) is 78.0 Å². The normalized spacial score (nSPS) is 15.0. The monoisotopic (exact) mass is 566 g/mol. The summed E-state index contributed by atoms with van der Waals surface area (Å²) in [5.41, 5.74) is 1.93. The number of allylic oxidation sites excluding steroid dienone is 3. The van der Waals surface area contributed by atoms with Gasteiger partial charge in [0.1, 0.15) is 0 Å². The standard InChI is InChI=1S/C34H47O5P/c1-10-12-16-23-40(37,28-17-14-13-15-18-28)32(36)31-26(4)24-25(3)30(27(31)5)29(35)19-21-39-34(9,11-2)20-22-38-33(6,7)8/h10,12-18,24H,1,11,19-23H2,2-9H3/b16-12-. The van der Waals surface area contributed by atoms with Crippen LogP contribution in [0.2, 0.25) is 0 Å². The van der Waals surface area contributed by atoms with Gasteiger partial charge in [-0.2, -0.15) is 0 Å². The highest BCUT2D eigenvalue weighted by atomic mass is 31.2. The van der Waals surface area contributed by atoms with Crippen LogP contribution in [-0.2, 0) is 14.0 Å². The van der Waals surface area contributed by atoms with Crippen LogP contribution in [0.4, 0.5) is 0 Å². The number of hydrogen-bond acceptors (Lipinski definition) is 5. The molecule has 2 aromatic carbocycles. The van der Waals surface area contributed by atoms with Gasteiger partial charge in [0.15, 0.2) is 12.9 Å². The highest BCUT2D eigenvalue weighted by molar-refractivity contribution is 7.87. The summed E-state index contributed by atoms with van der Waals surface area (Å²) in [5.74, 6) is -0.0884. The Bertz CT molecular complexity index is 1270. The molecule has 2 unspecified atom stereocenters. The van der Waals surface area contributed by atoms with Crippen LogP contribution in [0.1, 0.15) is 91.3 Å². The van der Waals surface area contributed by atoms with Crippen LogP contribution in [-0.4, -0.2) is 41.9 Å². The predicted octanol–water partition coefficient (Wildman–Crippen LogP) is 8.15. The SMILES string of the molecule is C=C/C=C\CP(=O)(C(=O)c1c(C)cc(C)c(C(=O)CCOC(C)(CC)CCOC(C)(C)C)c1C)c1ccccc1. The van der Waals surface area contributed by atoms with Gasteiger partial charge in [0, 0.05) is 29.0 Å². The van der Waals surface area contributed by atoms with Gasteiger partial charge < -0.3 is 14.0 Å². The smallest absolute Gasteiger partial charge is 0.226 e. The Labute approximate surface area is 241 Å². The fraction of sp³-hybridized carbons (Fsp3) is 0.471. The largest absolute Gasteiger partial charge is 0.376 e. The minimum Gasteiger partial charge on any atom is -0.376 e. The molecule has 0 saturated heterocycles. The number of ketones is 1. The van der Waals surface area contributed by atoms with E-state index in [9.17, 15) is 14.2 Å². The molecule has 0 spiro atoms. The van der Waals surface area contributed by atoms with Crippen molar-refractivity contribution in [3.05, 3.63) is 89.0 Å². The number of ether oxygens (including phenoxy) is 2. The van der Waals surface area contributed by atoms with Crippen LogP contribution < -0.4 is 5.30 Å². The van der Waals surface area contributed by atoms with E-state index in [1.165, 1.54) is 0 Å². The number of benzene rings is 2. The maximum Gasteiger partial charge on any atom is 0.226 e. The van der Waals surface area contributed by atoms with E-state index in [0.29, 0.717) is 34.2 Å². The molecule has 0 saturated carbocycles. The fourth-order valence-electron chi connectivity index (χ4n) is 4.84. The van der Waals surface area contributed by atoms with Crippen LogP contribution in [0, 0.1) is 20.8 Å². The van der Waals surface area contributed by atoms with Crippen molar-refractivity contribution in [1.29, 1.82) is 0 Å². The molecule has 0 amide bonds. The number of carbonyl (C=O) groups excluding carboxylic acids is 2. The number of aryl methyl sites for hydroxylation is 2. The first kappa shape index (κ1) is 33.6. The Morgan fingerprint density at radius 1 is 0.950 bits per heavy atom. The second-order valence-electron chi connectivity index (χ2n) is 11.6. The van der Waals surface area contributed by atoms with Crippen LogP contribution >= 0.6 is 7.14 Å². The Morgan fingerprint density at radius 2 is 1.57 bits per heavy atom. The van der Waals surface area contributed by atoms with Gasteiger partial charge in [0.2, 0.25) is 5.52 Å². The van der Waals surface area contributed by atoms with E-state index in [2.05, 4.69) is 13.5 Å². The quantitative estimate of drug-likeness (QED) is 0.124. The Balaban J connectivity index is 2.34. The molecule has 6 heteroatoms. The van der Waals surface area contributed by atoms with Crippen molar-refractivity contribution >= 4 is 23.8 Å². The highest BCUT2D eigenvalue weighted by Crippen LogP contribution is 2.49. The van der Waals surface area contributed by atoms with E-state index in [4.69, 9.17) is 9.47 Å². The van der Waals surface area contributed by atoms with Gasteiger partial charge in [-0.1, -0.05) is 68.1 Å². The zero-order chi connectivity index (χ0) is 30.1. The van der Waals surface area contributed by atoms with E-state index >= 15 is 0 Å². The molecule has 2 atom stereocenters. The minimum absolute atomic E-state index is 0.0836. The summed E-state index contributed by atoms with van der Waals surface area (Å²) < 4.78 is 26.5. The molecule has 0 aromatic heterocycles. The van der Waals surface area contributed by atoms with Crippen molar-refractivity contribution in [2.24, 2.45) is 0 Å². The number of hydrogen-bond donors (Lipinski definition) is 0. The second kappa shape index (κ2) is 14.3. The molecular weight excluding hydrogens is 519 g/mol. The molecule has 40 heavy (non-hydrogen) atoms. The molecule has 0 aliphatic carbocycles. The Kier molecular flexibility index (Phi) is 12.1. The first-order valence-electron chi connectivity index (χ1n) is 14.1. The van der Waals surface area contributed by atoms with Crippen LogP contribution in [0.25, 0.3) is 0 Å². The summed E-state index contributed by atoms with van der Waals surface area (Å²) in [6.07, 6.45) is 6.81. The topological polar surface area (TPSA) is 69.7 Å². The summed E-state index contributed by atoms with van der Waals surface area (Å²) in [6, 6.07) is 10.7. The molecule has 0 aliphatic rings. The highest BCUT2D eigenvalue weighted by Gasteiger charge is 2.36. The molecule has 218 valence electrons. The van der Waals surface area contributed by atoms with Crippen molar-refractivity contribution in [2.75, 3.05) is 19.4 Å². The molecule has 0 bridgehead atoms. The zero-order valence-electron chi connectivity index (χ0n) is 25.6. The van der Waals surface area contributed by atoms with Crippen molar-refractivity contribution < 1.29 is 23.6 Å². The minimum atomic E-state index is -3.53. The van der Waals surface area contributed by atoms with E-state index in [1.54, 1.807) is 49.4 Å². The van der Waals surface area contributed by atoms with Gasteiger partial charge >= 0.3 is 0 Å². The van der Waals surface area contributed by atoms with Crippen molar-refractivity contribution in [3.8, 4) is 0 Å². The zero-order valence-corrected chi connectivity index (χ0v) is 26.5. The van der Waals surface area contributed by atoms with Crippen LogP contribution in [0.3, 0.4) is 0 Å². The number of Topliss-reactive ketones (excluding diaryl/α,β-unsaturated/α-hetero) is 1. The van der Waals surface area contributed by atoms with E-state index in [0.717, 1.165) is 18.4 Å². The third-order valence-corrected chi connectivity index (χ3v) is 10.0. The molecule has 0 fully saturated rings. The molecule has 0 N–H and O–H groups in total. The summed E-state index contributed by atoms with van der Waals surface area (Å²) in [5, 5.41) is 0.503. The molecule has 0 radical (unpaired) electrons. The lowest BCUT2D eigenvalue weighted by molar-refractivity contribution is -0.0761. The van der Waals surface area contributed by atoms with Crippen LogP contribution in [0.5, 0.6) is 0 Å². The Morgan fingerprint density at radius 3 is 2.15 bits per heavy atom. The van der Waals surface area contributed by atoms with Crippen LogP contribution in [0.15, 0.2) is 61.2 Å². The van der Waals surface area contributed by atoms with Gasteiger partial charge in [-0.15, -0.1) is 0 Å². The van der Waals surface area contributed by atoms with E-state index < -0.39 is 18.3 Å². The first-order chi connectivity index (χ1) is 18.7. The lowest BCUT2D eigenvalue weighted by atomic mass is 9.90. The average molecular weight is 567 g/mol. The molecule has 2 rings (SSSR count). The summed E-state index contributed by atoms with van der Waals surface area (Å²) >= 11 is 0. The fourth-order valence-corrected chi connectivity index (χ4v) is 7.23. The van der Waals surface area contributed by atoms with Crippen molar-refractivity contribution in [3.63, 3.8) is 0 Å². The molecule has 0 aliphatic heterocycles. The number of carbonyl (C=O) groups is 2. The van der Waals surface area contributed by atoms with E-state index in [1.807, 2.05) is 53.7 Å². The van der Waals surface area contributed by atoms with Crippen molar-refractivity contribution in [1.82, 2.24) is 0 Å². The van der Waals surface area contributed by atoms with Gasteiger partial charge in [-0.3, -0.25) is 9.59 Å². The van der Waals surface area contributed by atoms with Gasteiger partial charge in [-0.25, -0.2) is 0 Å². The van der Waals surface area contributed by atoms with Gasteiger partial charge in [0.25, 0.3) is 0 Å². The third-order valence-electron chi connectivity index (χ3n) is 7.29. The molecule has 5 nitrogen and oxygen atoms in total. The third kappa shape index (κ3) is 8.70. The summed E-state index contributed by atoms with van der Waals surface area (Å²) in [4.78, 5) is 27.6. The maximum absolute atomic E-state index is 14.4. The summed E-state index contributed by atoms with van der Waals surface area (Å²) in [6.45, 7) is 20.2. The van der Waals surface area contributed by atoms with Crippen molar-refractivity contribution in [2.45, 2.75) is 85.9 Å². The molecule has 2 aromatic rings. The molecule has 0 heterocycles. The lowest BCUT2D eigenvalue weighted by Gasteiger charge is -2.30. The lowest BCUT2D eigenvalue weighted by Crippen LogP contribution is -2.32. The number of rotatable bonds is 15.